The highest BCUT2D eigenvalue weighted by Gasteiger charge is 2.23. The Kier molecular flexibility index (Phi) is 5.23. The first-order chi connectivity index (χ1) is 14.6. The van der Waals surface area contributed by atoms with Crippen LogP contribution in [0, 0.1) is 17.8 Å². The summed E-state index contributed by atoms with van der Waals surface area (Å²) < 4.78 is 21.5. The molecular formula is C23H22N2O5. The third-order valence-corrected chi connectivity index (χ3v) is 5.04. The number of hydrogen-bond donors (Lipinski definition) is 1. The first-order valence-electron chi connectivity index (χ1n) is 9.52. The molecule has 1 saturated carbocycles. The maximum absolute atomic E-state index is 13.3. The van der Waals surface area contributed by atoms with Gasteiger partial charge >= 0.3 is 0 Å². The molecule has 1 N–H and O–H groups in total. The molecule has 0 bridgehead atoms. The summed E-state index contributed by atoms with van der Waals surface area (Å²) in [5, 5.41) is 7.93. The molecule has 0 amide bonds. The molecule has 0 spiro atoms. The van der Waals surface area contributed by atoms with Crippen LogP contribution in [-0.4, -0.2) is 44.4 Å². The molecule has 1 aliphatic rings. The van der Waals surface area contributed by atoms with E-state index in [0.717, 1.165) is 12.8 Å². The van der Waals surface area contributed by atoms with Crippen LogP contribution in [0.1, 0.15) is 34.5 Å². The largest absolute Gasteiger partial charge is 0.495 e. The third-order valence-electron chi connectivity index (χ3n) is 5.04. The molecule has 1 heterocycles. The number of methoxy groups -OCH3 is 4. The minimum absolute atomic E-state index is 0.247. The maximum atomic E-state index is 13.3. The molecule has 2 aromatic carbocycles. The number of H-pyrrole nitrogens is 1. The van der Waals surface area contributed by atoms with Crippen molar-refractivity contribution < 1.29 is 23.7 Å². The summed E-state index contributed by atoms with van der Waals surface area (Å²) in [4.78, 5) is 13.3. The number of carbonyl (C=O) groups is 1. The number of rotatable bonds is 6. The Hall–Kier alpha value is -3.66. The second-order valence-electron chi connectivity index (χ2n) is 6.92. The summed E-state index contributed by atoms with van der Waals surface area (Å²) in [6.45, 7) is 0. The van der Waals surface area contributed by atoms with Crippen LogP contribution >= 0.6 is 0 Å². The molecule has 1 fully saturated rings. The smallest absolute Gasteiger partial charge is 0.211 e. The molecule has 7 heteroatoms. The summed E-state index contributed by atoms with van der Waals surface area (Å²) in [5.74, 6) is 8.48. The minimum Gasteiger partial charge on any atom is -0.495 e. The Labute approximate surface area is 174 Å². The van der Waals surface area contributed by atoms with Gasteiger partial charge in [-0.25, -0.2) is 0 Å². The van der Waals surface area contributed by atoms with Gasteiger partial charge in [-0.15, -0.1) is 0 Å². The molecule has 0 saturated heterocycles. The number of ether oxygens (including phenoxy) is 4. The molecular weight excluding hydrogens is 384 g/mol. The Bertz CT molecular complexity index is 1160. The van der Waals surface area contributed by atoms with Crippen molar-refractivity contribution in [2.45, 2.75) is 12.8 Å². The van der Waals surface area contributed by atoms with Crippen molar-refractivity contribution >= 4 is 16.7 Å². The molecule has 0 radical (unpaired) electrons. The highest BCUT2D eigenvalue weighted by molar-refractivity contribution is 6.16. The van der Waals surface area contributed by atoms with Gasteiger partial charge in [-0.1, -0.05) is 11.8 Å². The summed E-state index contributed by atoms with van der Waals surface area (Å²) in [5.41, 5.74) is 2.04. The molecule has 0 atom stereocenters. The van der Waals surface area contributed by atoms with Crippen molar-refractivity contribution in [2.24, 2.45) is 5.92 Å². The molecule has 3 aromatic rings. The molecule has 0 aliphatic heterocycles. The highest BCUT2D eigenvalue weighted by atomic mass is 16.5. The zero-order chi connectivity index (χ0) is 21.3. The van der Waals surface area contributed by atoms with Gasteiger partial charge in [0, 0.05) is 16.9 Å². The van der Waals surface area contributed by atoms with E-state index in [2.05, 4.69) is 22.0 Å². The number of carbonyl (C=O) groups excluding carboxylic acids is 1. The van der Waals surface area contributed by atoms with Gasteiger partial charge in [-0.2, -0.15) is 5.10 Å². The Balaban J connectivity index is 1.82. The van der Waals surface area contributed by atoms with E-state index in [-0.39, 0.29) is 5.78 Å². The minimum atomic E-state index is -0.247. The number of hydrogen-bond acceptors (Lipinski definition) is 6. The van der Waals surface area contributed by atoms with Gasteiger partial charge in [0.2, 0.25) is 11.5 Å². The lowest BCUT2D eigenvalue weighted by molar-refractivity contribution is 0.103. The van der Waals surface area contributed by atoms with Crippen LogP contribution in [0.15, 0.2) is 24.3 Å². The van der Waals surface area contributed by atoms with Gasteiger partial charge < -0.3 is 18.9 Å². The quantitative estimate of drug-likeness (QED) is 0.498. The van der Waals surface area contributed by atoms with Crippen molar-refractivity contribution in [3.05, 3.63) is 41.1 Å². The van der Waals surface area contributed by atoms with Crippen molar-refractivity contribution in [3.8, 4) is 34.8 Å². The second-order valence-corrected chi connectivity index (χ2v) is 6.92. The molecule has 1 aliphatic carbocycles. The highest BCUT2D eigenvalue weighted by Crippen LogP contribution is 2.39. The van der Waals surface area contributed by atoms with Crippen LogP contribution in [0.5, 0.6) is 23.0 Å². The van der Waals surface area contributed by atoms with Gasteiger partial charge in [0.1, 0.15) is 17.0 Å². The van der Waals surface area contributed by atoms with Crippen LogP contribution < -0.4 is 18.9 Å². The molecule has 4 rings (SSSR count). The SMILES string of the molecule is COc1cc(C(=O)c2[nH]nc3c(C#CC4CC4)c(OC)ccc23)cc(OC)c1OC. The first kappa shape index (κ1) is 19.6. The summed E-state index contributed by atoms with van der Waals surface area (Å²) in [6.07, 6.45) is 2.24. The van der Waals surface area contributed by atoms with E-state index in [4.69, 9.17) is 18.9 Å². The van der Waals surface area contributed by atoms with Crippen molar-refractivity contribution in [3.63, 3.8) is 0 Å². The number of benzene rings is 2. The lowest BCUT2D eigenvalue weighted by atomic mass is 10.0. The molecule has 154 valence electrons. The molecule has 0 unspecified atom stereocenters. The molecule has 30 heavy (non-hydrogen) atoms. The van der Waals surface area contributed by atoms with Crippen LogP contribution in [-0.2, 0) is 0 Å². The number of aromatic nitrogens is 2. The van der Waals surface area contributed by atoms with Gasteiger partial charge in [-0.05, 0) is 37.1 Å². The molecule has 1 aromatic heterocycles. The zero-order valence-corrected chi connectivity index (χ0v) is 17.3. The topological polar surface area (TPSA) is 82.7 Å². The predicted octanol–water partition coefficient (Wildman–Crippen LogP) is 3.59. The van der Waals surface area contributed by atoms with Gasteiger partial charge in [0.15, 0.2) is 11.5 Å². The average molecular weight is 406 g/mol. The number of nitrogens with one attached hydrogen (secondary N) is 1. The number of fused-ring (bicyclic) bond motifs is 1. The van der Waals surface area contributed by atoms with E-state index in [1.54, 1.807) is 25.3 Å². The van der Waals surface area contributed by atoms with Crippen LogP contribution in [0.25, 0.3) is 10.9 Å². The van der Waals surface area contributed by atoms with E-state index in [0.29, 0.717) is 56.6 Å². The fraction of sp³-hybridized carbons (Fsp3) is 0.304. The zero-order valence-electron chi connectivity index (χ0n) is 17.3. The van der Waals surface area contributed by atoms with E-state index in [9.17, 15) is 4.79 Å². The standard InChI is InChI=1S/C23H22N2O5/c1-27-17-10-9-16-20(15(17)8-7-13-5-6-13)24-25-21(16)22(26)14-11-18(28-2)23(30-4)19(12-14)29-3/h9-13H,5-6H2,1-4H3,(H,24,25). The first-order valence-corrected chi connectivity index (χ1v) is 9.52. The lowest BCUT2D eigenvalue weighted by Gasteiger charge is -2.13. The number of nitrogens with zero attached hydrogens (tertiary/aromatic N) is 1. The third kappa shape index (κ3) is 3.41. The van der Waals surface area contributed by atoms with Gasteiger partial charge in [0.05, 0.1) is 34.0 Å². The van der Waals surface area contributed by atoms with Crippen molar-refractivity contribution in [2.75, 3.05) is 28.4 Å². The summed E-state index contributed by atoms with van der Waals surface area (Å²) >= 11 is 0. The van der Waals surface area contributed by atoms with Crippen molar-refractivity contribution in [1.82, 2.24) is 10.2 Å². The summed E-state index contributed by atoms with van der Waals surface area (Å²) in [6, 6.07) is 6.85. The monoisotopic (exact) mass is 406 g/mol. The predicted molar refractivity (Wildman–Crippen MR) is 112 cm³/mol. The number of aromatic amines is 1. The van der Waals surface area contributed by atoms with E-state index in [1.807, 2.05) is 6.07 Å². The van der Waals surface area contributed by atoms with E-state index < -0.39 is 0 Å². The Morgan fingerprint density at radius 2 is 1.67 bits per heavy atom. The van der Waals surface area contributed by atoms with Crippen LogP contribution in [0.3, 0.4) is 0 Å². The van der Waals surface area contributed by atoms with Crippen molar-refractivity contribution in [1.29, 1.82) is 0 Å². The Morgan fingerprint density at radius 3 is 2.23 bits per heavy atom. The Morgan fingerprint density at radius 1 is 1.00 bits per heavy atom. The van der Waals surface area contributed by atoms with Crippen LogP contribution in [0.4, 0.5) is 0 Å². The fourth-order valence-corrected chi connectivity index (χ4v) is 3.28. The maximum Gasteiger partial charge on any atom is 0.211 e. The van der Waals surface area contributed by atoms with E-state index >= 15 is 0 Å². The van der Waals surface area contributed by atoms with Crippen LogP contribution in [0.2, 0.25) is 0 Å². The normalized spacial score (nSPS) is 12.8. The van der Waals surface area contributed by atoms with E-state index in [1.165, 1.54) is 21.3 Å². The average Bonchev–Trinajstić information content (AvgIpc) is 3.52. The summed E-state index contributed by atoms with van der Waals surface area (Å²) in [7, 11) is 6.13. The molecule has 7 nitrogen and oxygen atoms in total. The van der Waals surface area contributed by atoms with Gasteiger partial charge in [-0.3, -0.25) is 9.89 Å². The second kappa shape index (κ2) is 7.99. The lowest BCUT2D eigenvalue weighted by Crippen LogP contribution is -2.05. The van der Waals surface area contributed by atoms with Gasteiger partial charge in [0.25, 0.3) is 0 Å². The fourth-order valence-electron chi connectivity index (χ4n) is 3.28. The number of ketones is 1.